The van der Waals surface area contributed by atoms with Gasteiger partial charge in [0.1, 0.15) is 0 Å². The Bertz CT molecular complexity index is 850. The Balaban J connectivity index is 1.72. The van der Waals surface area contributed by atoms with Crippen molar-refractivity contribution < 1.29 is 19.3 Å². The molecule has 0 amide bonds. The van der Waals surface area contributed by atoms with Crippen LogP contribution in [0.15, 0.2) is 53.5 Å². The highest BCUT2D eigenvalue weighted by molar-refractivity contribution is 5.80. The lowest BCUT2D eigenvalue weighted by Gasteiger charge is -2.44. The van der Waals surface area contributed by atoms with Gasteiger partial charge in [0, 0.05) is 25.3 Å². The maximum atomic E-state index is 10.2. The molecule has 1 aliphatic rings. The van der Waals surface area contributed by atoms with E-state index in [0.717, 1.165) is 18.4 Å². The first-order valence-corrected chi connectivity index (χ1v) is 11.0. The molecular formula is C26H35NO4. The number of nitrogens with zero attached hydrogens (tertiary/aromatic N) is 1. The summed E-state index contributed by atoms with van der Waals surface area (Å²) in [5.74, 6) is 2.17. The molecule has 0 bridgehead atoms. The Hall–Kier alpha value is -2.37. The van der Waals surface area contributed by atoms with Crippen molar-refractivity contribution in [3.63, 3.8) is 0 Å². The van der Waals surface area contributed by atoms with Gasteiger partial charge in [0.25, 0.3) is 0 Å². The maximum Gasteiger partial charge on any atom is 0.161 e. The van der Waals surface area contributed by atoms with Crippen LogP contribution in [-0.4, -0.2) is 50.9 Å². The van der Waals surface area contributed by atoms with E-state index in [0.29, 0.717) is 36.5 Å². The van der Waals surface area contributed by atoms with Crippen LogP contribution in [0.25, 0.3) is 0 Å². The molecular weight excluding hydrogens is 390 g/mol. The van der Waals surface area contributed by atoms with Crippen molar-refractivity contribution in [2.45, 2.75) is 32.3 Å². The smallest absolute Gasteiger partial charge is 0.161 e. The standard InChI is InChI=1S/C26H35NO4/c1-26(2)14-23(21(18-31-26)12-19-8-6-5-7-9-19)22(17-28)16-27-15-20-10-11-24(29-3)25(13-20)30-4/h5-11,13,15,21-23,28H,12,14,16-18H2,1-4H3. The van der Waals surface area contributed by atoms with E-state index in [1.165, 1.54) is 5.56 Å². The molecule has 2 aromatic carbocycles. The summed E-state index contributed by atoms with van der Waals surface area (Å²) in [5, 5.41) is 10.2. The van der Waals surface area contributed by atoms with Crippen molar-refractivity contribution >= 4 is 6.21 Å². The number of rotatable bonds is 9. The van der Waals surface area contributed by atoms with Crippen LogP contribution in [0.2, 0.25) is 0 Å². The third-order valence-corrected chi connectivity index (χ3v) is 6.19. The van der Waals surface area contributed by atoms with Gasteiger partial charge < -0.3 is 19.3 Å². The zero-order valence-corrected chi connectivity index (χ0v) is 19.1. The average Bonchev–Trinajstić information content (AvgIpc) is 2.78. The largest absolute Gasteiger partial charge is 0.493 e. The van der Waals surface area contributed by atoms with Gasteiger partial charge in [-0.15, -0.1) is 0 Å². The second-order valence-corrected chi connectivity index (χ2v) is 8.94. The van der Waals surface area contributed by atoms with E-state index in [1.807, 2.05) is 30.5 Å². The number of aliphatic hydroxyl groups is 1. The quantitative estimate of drug-likeness (QED) is 0.605. The summed E-state index contributed by atoms with van der Waals surface area (Å²) < 4.78 is 16.8. The fraction of sp³-hybridized carbons (Fsp3) is 0.500. The summed E-state index contributed by atoms with van der Waals surface area (Å²) in [5.41, 5.74) is 2.08. The van der Waals surface area contributed by atoms with Crippen LogP contribution in [0.5, 0.6) is 11.5 Å². The summed E-state index contributed by atoms with van der Waals surface area (Å²) in [6.45, 7) is 5.69. The lowest BCUT2D eigenvalue weighted by atomic mass is 9.72. The van der Waals surface area contributed by atoms with E-state index in [2.05, 4.69) is 43.1 Å². The third kappa shape index (κ3) is 6.31. The predicted octanol–water partition coefficient (Wildman–Crippen LogP) is 4.41. The number of methoxy groups -OCH3 is 2. The highest BCUT2D eigenvalue weighted by atomic mass is 16.5. The number of hydrogen-bond donors (Lipinski definition) is 1. The zero-order valence-electron chi connectivity index (χ0n) is 19.1. The first-order chi connectivity index (χ1) is 15.0. The molecule has 1 aliphatic heterocycles. The Labute approximate surface area is 186 Å². The van der Waals surface area contributed by atoms with E-state index >= 15 is 0 Å². The molecule has 5 heteroatoms. The fourth-order valence-corrected chi connectivity index (χ4v) is 4.48. The number of benzene rings is 2. The van der Waals surface area contributed by atoms with Crippen LogP contribution in [0, 0.1) is 17.8 Å². The normalized spacial score (nSPS) is 21.7. The first kappa shape index (κ1) is 23.3. The minimum Gasteiger partial charge on any atom is -0.493 e. The average molecular weight is 426 g/mol. The highest BCUT2D eigenvalue weighted by Gasteiger charge is 2.39. The molecule has 5 nitrogen and oxygen atoms in total. The van der Waals surface area contributed by atoms with Gasteiger partial charge >= 0.3 is 0 Å². The van der Waals surface area contributed by atoms with Crippen molar-refractivity contribution in [3.8, 4) is 11.5 Å². The third-order valence-electron chi connectivity index (χ3n) is 6.19. The van der Waals surface area contributed by atoms with E-state index in [9.17, 15) is 5.11 Å². The van der Waals surface area contributed by atoms with Gasteiger partial charge in [0.15, 0.2) is 11.5 Å². The van der Waals surface area contributed by atoms with Gasteiger partial charge in [-0.05, 0) is 67.9 Å². The molecule has 0 aromatic heterocycles. The molecule has 31 heavy (non-hydrogen) atoms. The Morgan fingerprint density at radius 1 is 1.13 bits per heavy atom. The van der Waals surface area contributed by atoms with Gasteiger partial charge in [-0.3, -0.25) is 4.99 Å². The van der Waals surface area contributed by atoms with E-state index in [1.54, 1.807) is 14.2 Å². The molecule has 3 rings (SSSR count). The van der Waals surface area contributed by atoms with Gasteiger partial charge in [-0.1, -0.05) is 30.3 Å². The van der Waals surface area contributed by atoms with Crippen LogP contribution < -0.4 is 9.47 Å². The summed E-state index contributed by atoms with van der Waals surface area (Å²) >= 11 is 0. The van der Waals surface area contributed by atoms with Crippen molar-refractivity contribution in [2.75, 3.05) is 34.0 Å². The molecule has 1 fully saturated rings. The minimum absolute atomic E-state index is 0.0910. The van der Waals surface area contributed by atoms with Crippen molar-refractivity contribution in [3.05, 3.63) is 59.7 Å². The molecule has 3 unspecified atom stereocenters. The van der Waals surface area contributed by atoms with E-state index in [-0.39, 0.29) is 18.1 Å². The minimum atomic E-state index is -0.182. The van der Waals surface area contributed by atoms with Crippen LogP contribution in [-0.2, 0) is 11.2 Å². The van der Waals surface area contributed by atoms with Gasteiger partial charge in [0.2, 0.25) is 0 Å². The molecule has 1 saturated heterocycles. The lowest BCUT2D eigenvalue weighted by Crippen LogP contribution is -2.45. The summed E-state index contributed by atoms with van der Waals surface area (Å²) in [4.78, 5) is 4.69. The SMILES string of the molecule is COc1ccc(C=NCC(CO)C2CC(C)(C)OCC2Cc2ccccc2)cc1OC. The van der Waals surface area contributed by atoms with Gasteiger partial charge in [-0.2, -0.15) is 0 Å². The van der Waals surface area contributed by atoms with Crippen LogP contribution >= 0.6 is 0 Å². The van der Waals surface area contributed by atoms with E-state index < -0.39 is 0 Å². The molecule has 0 saturated carbocycles. The van der Waals surface area contributed by atoms with Crippen molar-refractivity contribution in [1.82, 2.24) is 0 Å². The number of aliphatic hydroxyl groups excluding tert-OH is 1. The van der Waals surface area contributed by atoms with Crippen molar-refractivity contribution in [2.24, 2.45) is 22.7 Å². The van der Waals surface area contributed by atoms with Crippen molar-refractivity contribution in [1.29, 1.82) is 0 Å². The fourth-order valence-electron chi connectivity index (χ4n) is 4.48. The Morgan fingerprint density at radius 3 is 2.55 bits per heavy atom. The molecule has 1 N–H and O–H groups in total. The second kappa shape index (κ2) is 10.8. The summed E-state index contributed by atoms with van der Waals surface area (Å²) in [6.07, 6.45) is 3.72. The molecule has 0 spiro atoms. The molecule has 3 atom stereocenters. The number of hydrogen-bond acceptors (Lipinski definition) is 5. The lowest BCUT2D eigenvalue weighted by molar-refractivity contribution is -0.117. The number of ether oxygens (including phenoxy) is 3. The number of aliphatic imine (C=N–C) groups is 1. The van der Waals surface area contributed by atoms with Crippen LogP contribution in [0.1, 0.15) is 31.4 Å². The Morgan fingerprint density at radius 2 is 1.87 bits per heavy atom. The molecule has 0 aliphatic carbocycles. The second-order valence-electron chi connectivity index (χ2n) is 8.94. The van der Waals surface area contributed by atoms with Crippen LogP contribution in [0.4, 0.5) is 0 Å². The molecule has 2 aromatic rings. The van der Waals surface area contributed by atoms with Crippen LogP contribution in [0.3, 0.4) is 0 Å². The zero-order chi connectivity index (χ0) is 22.3. The topological polar surface area (TPSA) is 60.3 Å². The maximum absolute atomic E-state index is 10.2. The Kier molecular flexibility index (Phi) is 8.10. The predicted molar refractivity (Wildman–Crippen MR) is 124 cm³/mol. The monoisotopic (exact) mass is 425 g/mol. The summed E-state index contributed by atoms with van der Waals surface area (Å²) in [7, 11) is 3.25. The highest BCUT2D eigenvalue weighted by Crippen LogP contribution is 2.39. The summed E-state index contributed by atoms with van der Waals surface area (Å²) in [6, 6.07) is 16.3. The molecule has 1 heterocycles. The van der Waals surface area contributed by atoms with E-state index in [4.69, 9.17) is 14.2 Å². The first-order valence-electron chi connectivity index (χ1n) is 11.0. The van der Waals surface area contributed by atoms with Gasteiger partial charge in [-0.25, -0.2) is 0 Å². The molecule has 0 radical (unpaired) electrons. The molecule has 168 valence electrons. The van der Waals surface area contributed by atoms with Gasteiger partial charge in [0.05, 0.1) is 26.4 Å².